The van der Waals surface area contributed by atoms with Gasteiger partial charge in [0.2, 0.25) is 0 Å². The van der Waals surface area contributed by atoms with E-state index >= 15 is 0 Å². The smallest absolute Gasteiger partial charge is 0.180 e. The van der Waals surface area contributed by atoms with Gasteiger partial charge in [0.05, 0.1) is 6.61 Å². The maximum atomic E-state index is 9.63. The van der Waals surface area contributed by atoms with Crippen molar-refractivity contribution in [2.75, 3.05) is 31.6 Å². The third-order valence-corrected chi connectivity index (χ3v) is 6.19. The molecule has 1 atom stereocenters. The molecule has 0 aliphatic carbocycles. The standard InChI is InChI=1S/C27H30N8O/c1-19-3-2-4-23(31-19)27-30-12-10-25(34-27)32-24-9-11-29-26(33-24)15-20-5-7-21(8-6-20)17-35-14-13-28-16-22(35)18-36/h2-12,22,28,36H,13-18H2,1H3,(H,29,30,32,33,34)/t22-/m1/s1. The summed E-state index contributed by atoms with van der Waals surface area (Å²) in [4.78, 5) is 24.9. The molecule has 36 heavy (non-hydrogen) atoms. The van der Waals surface area contributed by atoms with Gasteiger partial charge in [-0.1, -0.05) is 30.3 Å². The molecule has 1 fully saturated rings. The molecule has 9 nitrogen and oxygen atoms in total. The van der Waals surface area contributed by atoms with Gasteiger partial charge in [0.1, 0.15) is 23.2 Å². The van der Waals surface area contributed by atoms with Crippen LogP contribution in [-0.2, 0) is 13.0 Å². The number of nitrogens with one attached hydrogen (secondary N) is 2. The number of rotatable bonds is 8. The first-order chi connectivity index (χ1) is 17.7. The van der Waals surface area contributed by atoms with Crippen molar-refractivity contribution >= 4 is 11.6 Å². The van der Waals surface area contributed by atoms with E-state index in [-0.39, 0.29) is 12.6 Å². The van der Waals surface area contributed by atoms with Crippen LogP contribution >= 0.6 is 0 Å². The average Bonchev–Trinajstić information content (AvgIpc) is 2.90. The first kappa shape index (κ1) is 23.9. The Morgan fingerprint density at radius 3 is 2.53 bits per heavy atom. The van der Waals surface area contributed by atoms with E-state index in [1.165, 1.54) is 5.56 Å². The van der Waals surface area contributed by atoms with E-state index in [1.807, 2.05) is 31.2 Å². The summed E-state index contributed by atoms with van der Waals surface area (Å²) in [5.41, 5.74) is 4.03. The number of nitrogens with zero attached hydrogens (tertiary/aromatic N) is 6. The number of hydrogen-bond donors (Lipinski definition) is 3. The Hall–Kier alpha value is -3.79. The van der Waals surface area contributed by atoms with Crippen molar-refractivity contribution in [2.24, 2.45) is 0 Å². The molecule has 9 heteroatoms. The number of hydrogen-bond acceptors (Lipinski definition) is 9. The summed E-state index contributed by atoms with van der Waals surface area (Å²) in [6, 6.07) is 18.1. The summed E-state index contributed by atoms with van der Waals surface area (Å²) < 4.78 is 0. The van der Waals surface area contributed by atoms with Crippen LogP contribution in [0.4, 0.5) is 11.6 Å². The number of aryl methyl sites for hydroxylation is 1. The molecule has 5 rings (SSSR count). The number of piperazine rings is 1. The second kappa shape index (κ2) is 11.3. The summed E-state index contributed by atoms with van der Waals surface area (Å²) in [5, 5.41) is 16.2. The maximum Gasteiger partial charge on any atom is 0.180 e. The lowest BCUT2D eigenvalue weighted by Gasteiger charge is -2.35. The zero-order valence-electron chi connectivity index (χ0n) is 20.3. The molecule has 0 bridgehead atoms. The molecule has 184 valence electrons. The van der Waals surface area contributed by atoms with Crippen molar-refractivity contribution < 1.29 is 5.11 Å². The first-order valence-electron chi connectivity index (χ1n) is 12.2. The fourth-order valence-electron chi connectivity index (χ4n) is 4.28. The molecule has 3 N–H and O–H groups in total. The van der Waals surface area contributed by atoms with Gasteiger partial charge in [-0.25, -0.2) is 24.9 Å². The monoisotopic (exact) mass is 482 g/mol. The third-order valence-electron chi connectivity index (χ3n) is 6.19. The lowest BCUT2D eigenvalue weighted by atomic mass is 10.1. The molecule has 0 saturated carbocycles. The zero-order chi connectivity index (χ0) is 24.7. The molecule has 3 aromatic heterocycles. The first-order valence-corrected chi connectivity index (χ1v) is 12.2. The summed E-state index contributed by atoms with van der Waals surface area (Å²) >= 11 is 0. The minimum absolute atomic E-state index is 0.168. The number of anilines is 2. The Bertz CT molecular complexity index is 1300. The summed E-state index contributed by atoms with van der Waals surface area (Å²) in [5.74, 6) is 2.60. The molecule has 1 saturated heterocycles. The van der Waals surface area contributed by atoms with Crippen LogP contribution in [0.2, 0.25) is 0 Å². The molecule has 1 aliphatic rings. The Kier molecular flexibility index (Phi) is 7.51. The van der Waals surface area contributed by atoms with E-state index < -0.39 is 0 Å². The van der Waals surface area contributed by atoms with Crippen molar-refractivity contribution in [1.82, 2.24) is 35.1 Å². The highest BCUT2D eigenvalue weighted by Gasteiger charge is 2.21. The molecular formula is C27H30N8O. The lowest BCUT2D eigenvalue weighted by Crippen LogP contribution is -2.52. The number of benzene rings is 1. The van der Waals surface area contributed by atoms with E-state index in [1.54, 1.807) is 18.5 Å². The van der Waals surface area contributed by atoms with Crippen LogP contribution in [0.25, 0.3) is 11.5 Å². The summed E-state index contributed by atoms with van der Waals surface area (Å²) in [7, 11) is 0. The van der Waals surface area contributed by atoms with Crippen molar-refractivity contribution in [1.29, 1.82) is 0 Å². The van der Waals surface area contributed by atoms with Gasteiger partial charge in [-0.15, -0.1) is 0 Å². The van der Waals surface area contributed by atoms with Gasteiger partial charge in [0.15, 0.2) is 5.82 Å². The Morgan fingerprint density at radius 1 is 0.944 bits per heavy atom. The largest absolute Gasteiger partial charge is 0.395 e. The summed E-state index contributed by atoms with van der Waals surface area (Å²) in [6.45, 7) is 5.68. The predicted molar refractivity (Wildman–Crippen MR) is 139 cm³/mol. The van der Waals surface area contributed by atoms with Crippen LogP contribution in [0.3, 0.4) is 0 Å². The topological polar surface area (TPSA) is 112 Å². The van der Waals surface area contributed by atoms with Crippen LogP contribution in [0, 0.1) is 6.92 Å². The van der Waals surface area contributed by atoms with Gasteiger partial charge in [-0.3, -0.25) is 4.90 Å². The van der Waals surface area contributed by atoms with E-state index in [0.717, 1.165) is 49.0 Å². The van der Waals surface area contributed by atoms with Gasteiger partial charge in [-0.05, 0) is 42.3 Å². The van der Waals surface area contributed by atoms with E-state index in [2.05, 4.69) is 64.7 Å². The molecule has 0 unspecified atom stereocenters. The average molecular weight is 483 g/mol. The normalized spacial score (nSPS) is 16.1. The Labute approximate surface area is 210 Å². The fraction of sp³-hybridized carbons (Fsp3) is 0.296. The molecular weight excluding hydrogens is 452 g/mol. The van der Waals surface area contributed by atoms with Gasteiger partial charge in [0.25, 0.3) is 0 Å². The van der Waals surface area contributed by atoms with Gasteiger partial charge in [-0.2, -0.15) is 0 Å². The van der Waals surface area contributed by atoms with Crippen LogP contribution in [0.15, 0.2) is 67.0 Å². The van der Waals surface area contributed by atoms with Crippen LogP contribution < -0.4 is 10.6 Å². The molecule has 0 radical (unpaired) electrons. The molecule has 4 heterocycles. The molecule has 0 spiro atoms. The Balaban J connectivity index is 1.23. The minimum atomic E-state index is 0.168. The van der Waals surface area contributed by atoms with Gasteiger partial charge in [0, 0.05) is 56.7 Å². The molecule has 4 aromatic rings. The quantitative estimate of drug-likeness (QED) is 0.349. The third kappa shape index (κ3) is 6.06. The zero-order valence-corrected chi connectivity index (χ0v) is 20.3. The van der Waals surface area contributed by atoms with Crippen molar-refractivity contribution in [3.05, 3.63) is 89.6 Å². The highest BCUT2D eigenvalue weighted by atomic mass is 16.3. The van der Waals surface area contributed by atoms with E-state index in [9.17, 15) is 5.11 Å². The highest BCUT2D eigenvalue weighted by molar-refractivity contribution is 5.56. The number of aliphatic hydroxyl groups excluding tert-OH is 1. The van der Waals surface area contributed by atoms with Gasteiger partial charge < -0.3 is 15.7 Å². The molecule has 1 aromatic carbocycles. The van der Waals surface area contributed by atoms with Crippen LogP contribution in [0.5, 0.6) is 0 Å². The fourth-order valence-corrected chi connectivity index (χ4v) is 4.28. The van der Waals surface area contributed by atoms with Gasteiger partial charge >= 0.3 is 0 Å². The molecule has 0 amide bonds. The second-order valence-corrected chi connectivity index (χ2v) is 8.92. The van der Waals surface area contributed by atoms with Crippen LogP contribution in [-0.4, -0.2) is 67.2 Å². The molecule has 1 aliphatic heterocycles. The van der Waals surface area contributed by atoms with Crippen LogP contribution in [0.1, 0.15) is 22.6 Å². The lowest BCUT2D eigenvalue weighted by molar-refractivity contribution is 0.0946. The SMILES string of the molecule is Cc1cccc(-c2nccc(Nc3ccnc(Cc4ccc(CN5CCNC[C@@H]5CO)cc4)n3)n2)n1. The minimum Gasteiger partial charge on any atom is -0.395 e. The van der Waals surface area contributed by atoms with Crippen molar-refractivity contribution in [2.45, 2.75) is 25.9 Å². The van der Waals surface area contributed by atoms with E-state index in [0.29, 0.717) is 23.9 Å². The number of pyridine rings is 1. The van der Waals surface area contributed by atoms with E-state index in [4.69, 9.17) is 0 Å². The second-order valence-electron chi connectivity index (χ2n) is 8.92. The van der Waals surface area contributed by atoms with Crippen molar-refractivity contribution in [3.8, 4) is 11.5 Å². The summed E-state index contributed by atoms with van der Waals surface area (Å²) in [6.07, 6.45) is 4.09. The highest BCUT2D eigenvalue weighted by Crippen LogP contribution is 2.18. The number of aromatic nitrogens is 5. The maximum absolute atomic E-state index is 9.63. The number of aliphatic hydroxyl groups is 1. The predicted octanol–water partition coefficient (Wildman–Crippen LogP) is 2.74. The van der Waals surface area contributed by atoms with Crippen molar-refractivity contribution in [3.63, 3.8) is 0 Å². The Morgan fingerprint density at radius 2 is 1.72 bits per heavy atom.